The van der Waals surface area contributed by atoms with Crippen LogP contribution in [-0.2, 0) is 17.9 Å². The van der Waals surface area contributed by atoms with E-state index in [4.69, 9.17) is 16.0 Å². The normalized spacial score (nSPS) is 18.4. The van der Waals surface area contributed by atoms with Gasteiger partial charge in [0.05, 0.1) is 23.5 Å². The summed E-state index contributed by atoms with van der Waals surface area (Å²) in [7, 11) is 0. The van der Waals surface area contributed by atoms with Crippen molar-refractivity contribution in [2.24, 2.45) is 5.92 Å². The Labute approximate surface area is 140 Å². The van der Waals surface area contributed by atoms with Crippen molar-refractivity contribution in [3.8, 4) is 0 Å². The summed E-state index contributed by atoms with van der Waals surface area (Å²) in [6.07, 6.45) is 4.47. The van der Waals surface area contributed by atoms with Crippen LogP contribution < -0.4 is 5.32 Å². The van der Waals surface area contributed by atoms with Crippen LogP contribution in [-0.4, -0.2) is 40.2 Å². The smallest absolute Gasteiger partial charge is 0.241 e. The molecule has 1 N–H and O–H groups in total. The highest BCUT2D eigenvalue weighted by Crippen LogP contribution is 2.18. The molecule has 0 radical (unpaired) electrons. The maximum absolute atomic E-state index is 12.0. The number of nitrogens with one attached hydrogen (secondary N) is 1. The van der Waals surface area contributed by atoms with E-state index in [1.807, 2.05) is 19.1 Å². The van der Waals surface area contributed by atoms with Crippen molar-refractivity contribution in [1.29, 1.82) is 0 Å². The second kappa shape index (κ2) is 7.19. The number of amides is 1. The Morgan fingerprint density at radius 2 is 2.43 bits per heavy atom. The number of likely N-dealkylation sites (tertiary alicyclic amines) is 1. The maximum atomic E-state index is 12.0. The van der Waals surface area contributed by atoms with Crippen molar-refractivity contribution >= 4 is 17.5 Å². The first kappa shape index (κ1) is 16.1. The summed E-state index contributed by atoms with van der Waals surface area (Å²) in [6, 6.07) is 3.90. The van der Waals surface area contributed by atoms with Crippen LogP contribution in [0, 0.1) is 12.8 Å². The van der Waals surface area contributed by atoms with Crippen LogP contribution in [0.25, 0.3) is 0 Å². The summed E-state index contributed by atoms with van der Waals surface area (Å²) in [4.78, 5) is 14.3. The zero-order valence-corrected chi connectivity index (χ0v) is 13.9. The molecule has 0 saturated carbocycles. The summed E-state index contributed by atoms with van der Waals surface area (Å²) in [5.74, 6) is 1.44. The largest absolute Gasteiger partial charge is 0.468 e. The van der Waals surface area contributed by atoms with E-state index in [1.54, 1.807) is 17.1 Å². The molecule has 3 heterocycles. The summed E-state index contributed by atoms with van der Waals surface area (Å²) >= 11 is 5.94. The number of halogens is 1. The molecule has 124 valence electrons. The van der Waals surface area contributed by atoms with E-state index in [1.165, 1.54) is 0 Å². The monoisotopic (exact) mass is 336 g/mol. The molecule has 1 fully saturated rings. The Morgan fingerprint density at radius 3 is 3.13 bits per heavy atom. The number of hydrogen-bond acceptors (Lipinski definition) is 4. The average molecular weight is 337 g/mol. The first-order chi connectivity index (χ1) is 11.1. The number of furan rings is 1. The molecular formula is C16H21ClN4O2. The van der Waals surface area contributed by atoms with E-state index in [-0.39, 0.29) is 12.5 Å². The molecule has 2 aromatic heterocycles. The van der Waals surface area contributed by atoms with Gasteiger partial charge in [0.2, 0.25) is 5.91 Å². The summed E-state index contributed by atoms with van der Waals surface area (Å²) in [6.45, 7) is 5.58. The quantitative estimate of drug-likeness (QED) is 0.877. The topological polar surface area (TPSA) is 63.3 Å². The molecule has 0 aromatic carbocycles. The van der Waals surface area contributed by atoms with Gasteiger partial charge >= 0.3 is 0 Å². The molecule has 6 nitrogen and oxygen atoms in total. The van der Waals surface area contributed by atoms with E-state index >= 15 is 0 Å². The van der Waals surface area contributed by atoms with E-state index in [9.17, 15) is 4.79 Å². The zero-order chi connectivity index (χ0) is 16.2. The van der Waals surface area contributed by atoms with Crippen LogP contribution >= 0.6 is 11.6 Å². The fraction of sp³-hybridized carbons (Fsp3) is 0.500. The van der Waals surface area contributed by atoms with Gasteiger partial charge in [-0.25, -0.2) is 0 Å². The molecule has 1 unspecified atom stereocenters. The van der Waals surface area contributed by atoms with Gasteiger partial charge in [-0.2, -0.15) is 5.10 Å². The SMILES string of the molecule is Cc1nn(CC(=O)NCC2CCN(Cc3ccco3)C2)cc1Cl. The molecule has 0 spiro atoms. The average Bonchev–Trinajstić information content (AvgIpc) is 3.22. The zero-order valence-electron chi connectivity index (χ0n) is 13.2. The third-order valence-corrected chi connectivity index (χ3v) is 4.48. The van der Waals surface area contributed by atoms with Gasteiger partial charge < -0.3 is 9.73 Å². The van der Waals surface area contributed by atoms with Crippen molar-refractivity contribution in [2.45, 2.75) is 26.4 Å². The number of carbonyl (C=O) groups is 1. The summed E-state index contributed by atoms with van der Waals surface area (Å²) < 4.78 is 6.95. The van der Waals surface area contributed by atoms with Crippen molar-refractivity contribution in [3.05, 3.63) is 41.1 Å². The number of rotatable bonds is 6. The molecule has 0 bridgehead atoms. The minimum atomic E-state index is -0.0337. The highest BCUT2D eigenvalue weighted by atomic mass is 35.5. The van der Waals surface area contributed by atoms with E-state index in [2.05, 4.69) is 15.3 Å². The number of hydrogen-bond donors (Lipinski definition) is 1. The molecule has 3 rings (SSSR count). The van der Waals surface area contributed by atoms with Crippen LogP contribution in [0.1, 0.15) is 17.9 Å². The lowest BCUT2D eigenvalue weighted by molar-refractivity contribution is -0.122. The highest BCUT2D eigenvalue weighted by Gasteiger charge is 2.23. The van der Waals surface area contributed by atoms with Gasteiger partial charge in [-0.3, -0.25) is 14.4 Å². The second-order valence-corrected chi connectivity index (χ2v) is 6.44. The second-order valence-electron chi connectivity index (χ2n) is 6.03. The van der Waals surface area contributed by atoms with E-state index in [0.29, 0.717) is 17.5 Å². The predicted molar refractivity (Wildman–Crippen MR) is 87.1 cm³/mol. The minimum absolute atomic E-state index is 0.0337. The summed E-state index contributed by atoms with van der Waals surface area (Å²) in [5, 5.41) is 7.76. The number of nitrogens with zero attached hydrogens (tertiary/aromatic N) is 3. The molecule has 1 atom stereocenters. The Hall–Kier alpha value is -1.79. The fourth-order valence-corrected chi connectivity index (χ4v) is 3.03. The lowest BCUT2D eigenvalue weighted by atomic mass is 10.1. The number of carbonyl (C=O) groups excluding carboxylic acids is 1. The van der Waals surface area contributed by atoms with Crippen molar-refractivity contribution in [2.75, 3.05) is 19.6 Å². The van der Waals surface area contributed by atoms with Gasteiger partial charge in [0.25, 0.3) is 0 Å². The first-order valence-corrected chi connectivity index (χ1v) is 8.19. The van der Waals surface area contributed by atoms with Gasteiger partial charge in [-0.05, 0) is 37.9 Å². The molecule has 7 heteroatoms. The van der Waals surface area contributed by atoms with Gasteiger partial charge in [0.15, 0.2) is 0 Å². The highest BCUT2D eigenvalue weighted by molar-refractivity contribution is 6.31. The van der Waals surface area contributed by atoms with Gasteiger partial charge in [0, 0.05) is 19.3 Å². The molecule has 0 aliphatic carbocycles. The Kier molecular flexibility index (Phi) is 5.03. The molecule has 2 aromatic rings. The van der Waals surface area contributed by atoms with Crippen molar-refractivity contribution in [3.63, 3.8) is 0 Å². The minimum Gasteiger partial charge on any atom is -0.468 e. The Balaban J connectivity index is 1.39. The van der Waals surface area contributed by atoms with Crippen LogP contribution in [0.5, 0.6) is 0 Å². The molecular weight excluding hydrogens is 316 g/mol. The lowest BCUT2D eigenvalue weighted by Gasteiger charge is -2.15. The third kappa shape index (κ3) is 4.36. The lowest BCUT2D eigenvalue weighted by Crippen LogP contribution is -2.33. The van der Waals surface area contributed by atoms with Crippen molar-refractivity contribution < 1.29 is 9.21 Å². The van der Waals surface area contributed by atoms with Gasteiger partial charge in [-0.1, -0.05) is 11.6 Å². The summed E-state index contributed by atoms with van der Waals surface area (Å²) in [5.41, 5.74) is 0.740. The third-order valence-electron chi connectivity index (χ3n) is 4.11. The van der Waals surface area contributed by atoms with Gasteiger partial charge in [0.1, 0.15) is 12.3 Å². The van der Waals surface area contributed by atoms with Crippen LogP contribution in [0.3, 0.4) is 0 Å². The standard InChI is InChI=1S/C16H21ClN4O2/c1-12-15(17)10-21(19-12)11-16(22)18-7-13-4-5-20(8-13)9-14-3-2-6-23-14/h2-3,6,10,13H,4-5,7-9,11H2,1H3,(H,18,22). The molecule has 1 aliphatic rings. The maximum Gasteiger partial charge on any atom is 0.241 e. The molecule has 23 heavy (non-hydrogen) atoms. The predicted octanol–water partition coefficient (Wildman–Crippen LogP) is 2.08. The fourth-order valence-electron chi connectivity index (χ4n) is 2.88. The van der Waals surface area contributed by atoms with Crippen LogP contribution in [0.2, 0.25) is 5.02 Å². The van der Waals surface area contributed by atoms with E-state index in [0.717, 1.165) is 37.5 Å². The van der Waals surface area contributed by atoms with Crippen LogP contribution in [0.4, 0.5) is 0 Å². The first-order valence-electron chi connectivity index (χ1n) is 7.81. The van der Waals surface area contributed by atoms with E-state index < -0.39 is 0 Å². The number of aromatic nitrogens is 2. The molecule has 1 aliphatic heterocycles. The van der Waals surface area contributed by atoms with Crippen LogP contribution in [0.15, 0.2) is 29.0 Å². The molecule has 1 amide bonds. The Morgan fingerprint density at radius 1 is 1.57 bits per heavy atom. The Bertz CT molecular complexity index is 634. The number of aryl methyl sites for hydroxylation is 1. The molecule has 1 saturated heterocycles. The van der Waals surface area contributed by atoms with Gasteiger partial charge in [-0.15, -0.1) is 0 Å². The van der Waals surface area contributed by atoms with Crippen molar-refractivity contribution in [1.82, 2.24) is 20.0 Å².